The molecule has 0 radical (unpaired) electrons. The summed E-state index contributed by atoms with van der Waals surface area (Å²) in [6, 6.07) is 0. The number of carbonyl (C=O) groups excluding carboxylic acids is 1. The van der Waals surface area contributed by atoms with E-state index in [0.717, 1.165) is 31.4 Å². The molecular weight excluding hydrogens is 236 g/mol. The van der Waals surface area contributed by atoms with Gasteiger partial charge in [0.25, 0.3) is 0 Å². The average molecular weight is 260 g/mol. The van der Waals surface area contributed by atoms with Crippen LogP contribution < -0.4 is 0 Å². The van der Waals surface area contributed by atoms with Crippen LogP contribution in [0.3, 0.4) is 0 Å². The second-order valence-electron chi connectivity index (χ2n) is 5.19. The second kappa shape index (κ2) is 6.53. The van der Waals surface area contributed by atoms with Crippen LogP contribution in [0.25, 0.3) is 0 Å². The molecule has 4 heteroatoms. The highest BCUT2D eigenvalue weighted by molar-refractivity contribution is 7.85. The highest BCUT2D eigenvalue weighted by Gasteiger charge is 2.45. The maximum absolute atomic E-state index is 12.1. The van der Waals surface area contributed by atoms with E-state index in [4.69, 9.17) is 4.74 Å². The zero-order valence-electron chi connectivity index (χ0n) is 11.2. The summed E-state index contributed by atoms with van der Waals surface area (Å²) in [4.78, 5) is 11.3. The van der Waals surface area contributed by atoms with E-state index in [2.05, 4.69) is 13.8 Å². The normalized spacial score (nSPS) is 19.1. The Kier molecular flexibility index (Phi) is 5.63. The molecular formula is C13H24O3S. The van der Waals surface area contributed by atoms with Crippen LogP contribution in [-0.4, -0.2) is 28.8 Å². The quantitative estimate of drug-likeness (QED) is 0.630. The van der Waals surface area contributed by atoms with Gasteiger partial charge in [0.2, 0.25) is 0 Å². The molecule has 1 saturated carbocycles. The number of ether oxygens (including phenoxy) is 1. The summed E-state index contributed by atoms with van der Waals surface area (Å²) < 4.78 is 16.7. The first-order valence-electron chi connectivity index (χ1n) is 6.47. The van der Waals surface area contributed by atoms with E-state index in [1.165, 1.54) is 7.11 Å². The molecule has 0 spiro atoms. The Morgan fingerprint density at radius 2 is 1.94 bits per heavy atom. The lowest BCUT2D eigenvalue weighted by Gasteiger charge is -2.16. The zero-order valence-corrected chi connectivity index (χ0v) is 12.0. The Hall–Kier alpha value is -0.380. The highest BCUT2D eigenvalue weighted by atomic mass is 32.2. The summed E-state index contributed by atoms with van der Waals surface area (Å²) in [7, 11) is 0.633. The molecule has 0 amide bonds. The van der Waals surface area contributed by atoms with Gasteiger partial charge >= 0.3 is 5.97 Å². The first-order chi connectivity index (χ1) is 8.05. The third-order valence-corrected chi connectivity index (χ3v) is 5.53. The monoisotopic (exact) mass is 260 g/mol. The summed E-state index contributed by atoms with van der Waals surface area (Å²) in [6.45, 7) is 4.29. The number of hydrogen-bond acceptors (Lipinski definition) is 3. The van der Waals surface area contributed by atoms with Crippen molar-refractivity contribution in [3.8, 4) is 0 Å². The fourth-order valence-corrected chi connectivity index (χ4v) is 4.30. The van der Waals surface area contributed by atoms with E-state index in [1.807, 2.05) is 0 Å². The van der Waals surface area contributed by atoms with Crippen molar-refractivity contribution in [2.75, 3.05) is 18.6 Å². The molecule has 0 saturated heterocycles. The van der Waals surface area contributed by atoms with E-state index in [1.54, 1.807) is 0 Å². The van der Waals surface area contributed by atoms with E-state index < -0.39 is 10.8 Å². The molecule has 3 nitrogen and oxygen atoms in total. The fraction of sp³-hybridized carbons (Fsp3) is 0.923. The minimum absolute atomic E-state index is 0.00396. The van der Waals surface area contributed by atoms with Gasteiger partial charge in [0.1, 0.15) is 0 Å². The number of hydrogen-bond donors (Lipinski definition) is 0. The summed E-state index contributed by atoms with van der Waals surface area (Å²) in [6.07, 6.45) is 4.67. The second-order valence-corrected chi connectivity index (χ2v) is 6.69. The molecule has 0 aromatic heterocycles. The smallest absolute Gasteiger partial charge is 0.306 e. The van der Waals surface area contributed by atoms with Gasteiger partial charge in [0.05, 0.1) is 13.5 Å². The minimum Gasteiger partial charge on any atom is -0.469 e. The van der Waals surface area contributed by atoms with E-state index in [9.17, 15) is 9.00 Å². The molecule has 1 atom stereocenters. The van der Waals surface area contributed by atoms with Gasteiger partial charge in [-0.2, -0.15) is 0 Å². The summed E-state index contributed by atoms with van der Waals surface area (Å²) >= 11 is 0. The topological polar surface area (TPSA) is 43.4 Å². The van der Waals surface area contributed by atoms with Gasteiger partial charge in [0.15, 0.2) is 0 Å². The molecule has 1 aliphatic carbocycles. The zero-order chi connectivity index (χ0) is 12.9. The first-order valence-corrected chi connectivity index (χ1v) is 7.96. The predicted molar refractivity (Wildman–Crippen MR) is 70.2 cm³/mol. The van der Waals surface area contributed by atoms with E-state index >= 15 is 0 Å². The van der Waals surface area contributed by atoms with Crippen LogP contribution in [0.1, 0.15) is 46.0 Å². The van der Waals surface area contributed by atoms with Crippen molar-refractivity contribution in [3.05, 3.63) is 0 Å². The van der Waals surface area contributed by atoms with Gasteiger partial charge in [-0.15, -0.1) is 0 Å². The van der Waals surface area contributed by atoms with Crippen molar-refractivity contribution in [2.24, 2.45) is 11.3 Å². The van der Waals surface area contributed by atoms with Gasteiger partial charge in [-0.05, 0) is 24.2 Å². The standard InChI is InChI=1S/C13H24O3S/c1-4-11(5-2)9-17(15)10-13(6-7-13)8-12(14)16-3/h11H,4-10H2,1-3H3. The SMILES string of the molecule is CCC(CC)CS(=O)CC1(CC(=O)OC)CC1. The minimum atomic E-state index is -0.783. The van der Waals surface area contributed by atoms with Crippen LogP contribution in [-0.2, 0) is 20.3 Å². The highest BCUT2D eigenvalue weighted by Crippen LogP contribution is 2.49. The molecule has 0 N–H and O–H groups in total. The van der Waals surface area contributed by atoms with Crippen molar-refractivity contribution in [2.45, 2.75) is 46.0 Å². The third kappa shape index (κ3) is 4.78. The number of esters is 1. The summed E-state index contributed by atoms with van der Waals surface area (Å²) in [5, 5.41) is 0. The van der Waals surface area contributed by atoms with Gasteiger partial charge in [-0.1, -0.05) is 26.7 Å². The van der Waals surface area contributed by atoms with Crippen LogP contribution in [0.2, 0.25) is 0 Å². The lowest BCUT2D eigenvalue weighted by molar-refractivity contribution is -0.141. The van der Waals surface area contributed by atoms with Crippen LogP contribution in [0.4, 0.5) is 0 Å². The van der Waals surface area contributed by atoms with Crippen LogP contribution >= 0.6 is 0 Å². The summed E-state index contributed by atoms with van der Waals surface area (Å²) in [5.41, 5.74) is 0.00396. The van der Waals surface area contributed by atoms with Crippen molar-refractivity contribution in [1.82, 2.24) is 0 Å². The molecule has 1 aliphatic rings. The molecule has 100 valence electrons. The van der Waals surface area contributed by atoms with Crippen molar-refractivity contribution >= 4 is 16.8 Å². The third-order valence-electron chi connectivity index (χ3n) is 3.75. The maximum atomic E-state index is 12.1. The Morgan fingerprint density at radius 3 is 2.35 bits per heavy atom. The van der Waals surface area contributed by atoms with Crippen molar-refractivity contribution < 1.29 is 13.7 Å². The number of methoxy groups -OCH3 is 1. The molecule has 0 bridgehead atoms. The molecule has 1 rings (SSSR count). The Labute approximate surface area is 107 Å². The Balaban J connectivity index is 2.37. The average Bonchev–Trinajstić information content (AvgIpc) is 3.05. The van der Waals surface area contributed by atoms with Crippen LogP contribution in [0, 0.1) is 11.3 Å². The molecule has 0 aromatic carbocycles. The predicted octanol–water partition coefficient (Wildman–Crippen LogP) is 2.51. The molecule has 0 aliphatic heterocycles. The van der Waals surface area contributed by atoms with Gasteiger partial charge in [0, 0.05) is 22.3 Å². The van der Waals surface area contributed by atoms with Crippen molar-refractivity contribution in [3.63, 3.8) is 0 Å². The van der Waals surface area contributed by atoms with Gasteiger partial charge in [-0.25, -0.2) is 0 Å². The molecule has 17 heavy (non-hydrogen) atoms. The van der Waals surface area contributed by atoms with Gasteiger partial charge < -0.3 is 4.74 Å². The van der Waals surface area contributed by atoms with Crippen LogP contribution in [0.15, 0.2) is 0 Å². The lowest BCUT2D eigenvalue weighted by atomic mass is 10.1. The Bertz CT molecular complexity index is 280. The van der Waals surface area contributed by atoms with Gasteiger partial charge in [-0.3, -0.25) is 9.00 Å². The van der Waals surface area contributed by atoms with Crippen LogP contribution in [0.5, 0.6) is 0 Å². The largest absolute Gasteiger partial charge is 0.469 e. The number of carbonyl (C=O) groups is 1. The molecule has 0 aromatic rings. The number of rotatable bonds is 8. The summed E-state index contributed by atoms with van der Waals surface area (Å²) in [5.74, 6) is 1.86. The van der Waals surface area contributed by atoms with E-state index in [-0.39, 0.29) is 11.4 Å². The Morgan fingerprint density at radius 1 is 1.35 bits per heavy atom. The fourth-order valence-electron chi connectivity index (χ4n) is 2.11. The molecule has 0 heterocycles. The van der Waals surface area contributed by atoms with E-state index in [0.29, 0.717) is 18.1 Å². The van der Waals surface area contributed by atoms with Crippen molar-refractivity contribution in [1.29, 1.82) is 0 Å². The lowest BCUT2D eigenvalue weighted by Crippen LogP contribution is -2.21. The maximum Gasteiger partial charge on any atom is 0.306 e. The molecule has 1 fully saturated rings. The first kappa shape index (κ1) is 14.7. The molecule has 1 unspecified atom stereocenters.